The van der Waals surface area contributed by atoms with Gasteiger partial charge in [-0.3, -0.25) is 4.90 Å². The SMILES string of the molecule is Cc1cc(Cl)ccc1NC1CCN(Cc2ccccc2)CC1. The Labute approximate surface area is 138 Å². The van der Waals surface area contributed by atoms with Crippen LogP contribution in [0.5, 0.6) is 0 Å². The number of piperidine rings is 1. The van der Waals surface area contributed by atoms with Crippen molar-refractivity contribution >= 4 is 17.3 Å². The van der Waals surface area contributed by atoms with Crippen LogP contribution in [-0.2, 0) is 6.54 Å². The molecule has 0 atom stereocenters. The van der Waals surface area contributed by atoms with Gasteiger partial charge in [-0.2, -0.15) is 0 Å². The van der Waals surface area contributed by atoms with Crippen molar-refractivity contribution in [1.82, 2.24) is 4.90 Å². The Morgan fingerprint density at radius 1 is 1.09 bits per heavy atom. The third-order valence-corrected chi connectivity index (χ3v) is 4.62. The van der Waals surface area contributed by atoms with Gasteiger partial charge in [0.2, 0.25) is 0 Å². The highest BCUT2D eigenvalue weighted by Gasteiger charge is 2.19. The summed E-state index contributed by atoms with van der Waals surface area (Å²) in [7, 11) is 0. The lowest BCUT2D eigenvalue weighted by atomic mass is 10.0. The van der Waals surface area contributed by atoms with Crippen molar-refractivity contribution in [1.29, 1.82) is 0 Å². The van der Waals surface area contributed by atoms with Crippen LogP contribution in [0.1, 0.15) is 24.0 Å². The summed E-state index contributed by atoms with van der Waals surface area (Å²) in [6.07, 6.45) is 2.38. The molecule has 0 aromatic heterocycles. The molecule has 0 radical (unpaired) electrons. The van der Waals surface area contributed by atoms with Crippen LogP contribution in [0.25, 0.3) is 0 Å². The number of nitrogens with zero attached hydrogens (tertiary/aromatic N) is 1. The summed E-state index contributed by atoms with van der Waals surface area (Å²) in [6.45, 7) is 5.48. The number of hydrogen-bond acceptors (Lipinski definition) is 2. The number of aryl methyl sites for hydroxylation is 1. The molecule has 2 aromatic rings. The van der Waals surface area contributed by atoms with Gasteiger partial charge in [0.05, 0.1) is 0 Å². The zero-order chi connectivity index (χ0) is 15.4. The second kappa shape index (κ2) is 7.17. The maximum atomic E-state index is 6.02. The van der Waals surface area contributed by atoms with E-state index in [1.807, 2.05) is 12.1 Å². The Balaban J connectivity index is 1.51. The first-order valence-electron chi connectivity index (χ1n) is 8.00. The summed E-state index contributed by atoms with van der Waals surface area (Å²) in [6, 6.07) is 17.4. The largest absolute Gasteiger partial charge is 0.382 e. The molecule has 0 bridgehead atoms. The molecule has 2 nitrogen and oxygen atoms in total. The summed E-state index contributed by atoms with van der Waals surface area (Å²) in [5, 5.41) is 4.48. The maximum Gasteiger partial charge on any atom is 0.0410 e. The number of anilines is 1. The van der Waals surface area contributed by atoms with E-state index in [1.54, 1.807) is 0 Å². The monoisotopic (exact) mass is 314 g/mol. The van der Waals surface area contributed by atoms with Gasteiger partial charge in [0.15, 0.2) is 0 Å². The predicted molar refractivity (Wildman–Crippen MR) is 94.6 cm³/mol. The third-order valence-electron chi connectivity index (χ3n) is 4.38. The van der Waals surface area contributed by atoms with Crippen LogP contribution in [0.15, 0.2) is 48.5 Å². The molecule has 1 fully saturated rings. The number of rotatable bonds is 4. The van der Waals surface area contributed by atoms with Crippen molar-refractivity contribution in [2.75, 3.05) is 18.4 Å². The Bertz CT molecular complexity index is 604. The Morgan fingerprint density at radius 2 is 1.82 bits per heavy atom. The summed E-state index contributed by atoms with van der Waals surface area (Å²) in [5.74, 6) is 0. The standard InChI is InChI=1S/C19H23ClN2/c1-15-13-17(20)7-8-19(15)21-18-9-11-22(12-10-18)14-16-5-3-2-4-6-16/h2-8,13,18,21H,9-12,14H2,1H3. The maximum absolute atomic E-state index is 6.02. The Morgan fingerprint density at radius 3 is 2.50 bits per heavy atom. The van der Waals surface area contributed by atoms with Crippen molar-refractivity contribution in [3.63, 3.8) is 0 Å². The molecule has 2 aromatic carbocycles. The Hall–Kier alpha value is -1.51. The smallest absolute Gasteiger partial charge is 0.0410 e. The van der Waals surface area contributed by atoms with Gasteiger partial charge in [-0.25, -0.2) is 0 Å². The van der Waals surface area contributed by atoms with Gasteiger partial charge in [0, 0.05) is 36.4 Å². The first kappa shape index (κ1) is 15.4. The molecule has 1 aliphatic rings. The van der Waals surface area contributed by atoms with Gasteiger partial charge in [0.25, 0.3) is 0 Å². The molecule has 0 saturated carbocycles. The fraction of sp³-hybridized carbons (Fsp3) is 0.368. The molecule has 0 amide bonds. The minimum Gasteiger partial charge on any atom is -0.382 e. The summed E-state index contributed by atoms with van der Waals surface area (Å²) < 4.78 is 0. The molecule has 1 aliphatic heterocycles. The second-order valence-electron chi connectivity index (χ2n) is 6.14. The lowest BCUT2D eigenvalue weighted by Crippen LogP contribution is -2.38. The van der Waals surface area contributed by atoms with Crippen molar-refractivity contribution in [3.05, 3.63) is 64.7 Å². The lowest BCUT2D eigenvalue weighted by Gasteiger charge is -2.33. The van der Waals surface area contributed by atoms with Gasteiger partial charge in [-0.05, 0) is 49.1 Å². The lowest BCUT2D eigenvalue weighted by molar-refractivity contribution is 0.211. The summed E-state index contributed by atoms with van der Waals surface area (Å²) in [5.41, 5.74) is 3.84. The van der Waals surface area contributed by atoms with Gasteiger partial charge in [-0.1, -0.05) is 41.9 Å². The van der Waals surface area contributed by atoms with Crippen molar-refractivity contribution in [3.8, 4) is 0 Å². The molecule has 22 heavy (non-hydrogen) atoms. The highest BCUT2D eigenvalue weighted by atomic mass is 35.5. The number of benzene rings is 2. The third kappa shape index (κ3) is 4.02. The first-order valence-corrected chi connectivity index (χ1v) is 8.37. The van der Waals surface area contributed by atoms with E-state index < -0.39 is 0 Å². The number of likely N-dealkylation sites (tertiary alicyclic amines) is 1. The van der Waals surface area contributed by atoms with Crippen LogP contribution in [0.4, 0.5) is 5.69 Å². The van der Waals surface area contributed by atoms with E-state index in [0.29, 0.717) is 6.04 Å². The van der Waals surface area contributed by atoms with Gasteiger partial charge in [-0.15, -0.1) is 0 Å². The van der Waals surface area contributed by atoms with E-state index in [0.717, 1.165) is 24.7 Å². The zero-order valence-electron chi connectivity index (χ0n) is 13.1. The molecule has 1 N–H and O–H groups in total. The molecule has 1 saturated heterocycles. The molecule has 3 heteroatoms. The first-order chi connectivity index (χ1) is 10.7. The predicted octanol–water partition coefficient (Wildman–Crippen LogP) is 4.72. The van der Waals surface area contributed by atoms with Gasteiger partial charge >= 0.3 is 0 Å². The van der Waals surface area contributed by atoms with Crippen LogP contribution < -0.4 is 5.32 Å². The van der Waals surface area contributed by atoms with E-state index >= 15 is 0 Å². The average molecular weight is 315 g/mol. The quantitative estimate of drug-likeness (QED) is 0.878. The molecule has 0 aliphatic carbocycles. The minimum atomic E-state index is 0.562. The van der Waals surface area contributed by atoms with Crippen LogP contribution in [0.3, 0.4) is 0 Å². The molecule has 3 rings (SSSR count). The average Bonchev–Trinajstić information content (AvgIpc) is 2.53. The topological polar surface area (TPSA) is 15.3 Å². The second-order valence-corrected chi connectivity index (χ2v) is 6.58. The summed E-state index contributed by atoms with van der Waals surface area (Å²) >= 11 is 6.02. The Kier molecular flexibility index (Phi) is 5.01. The van der Waals surface area contributed by atoms with Gasteiger partial charge in [0.1, 0.15) is 0 Å². The van der Waals surface area contributed by atoms with E-state index in [2.05, 4.69) is 53.5 Å². The molecular formula is C19H23ClN2. The fourth-order valence-electron chi connectivity index (χ4n) is 3.09. The van der Waals surface area contributed by atoms with Crippen LogP contribution in [0.2, 0.25) is 5.02 Å². The molecule has 0 spiro atoms. The zero-order valence-corrected chi connectivity index (χ0v) is 13.8. The van der Waals surface area contributed by atoms with Crippen molar-refractivity contribution < 1.29 is 0 Å². The van der Waals surface area contributed by atoms with E-state index in [1.165, 1.54) is 29.7 Å². The van der Waals surface area contributed by atoms with Crippen LogP contribution in [0, 0.1) is 6.92 Å². The highest BCUT2D eigenvalue weighted by molar-refractivity contribution is 6.30. The normalized spacial score (nSPS) is 16.6. The summed E-state index contributed by atoms with van der Waals surface area (Å²) in [4.78, 5) is 2.54. The van der Waals surface area contributed by atoms with Crippen molar-refractivity contribution in [2.45, 2.75) is 32.4 Å². The van der Waals surface area contributed by atoms with E-state index in [4.69, 9.17) is 11.6 Å². The minimum absolute atomic E-state index is 0.562. The van der Waals surface area contributed by atoms with Crippen LogP contribution >= 0.6 is 11.6 Å². The van der Waals surface area contributed by atoms with Gasteiger partial charge < -0.3 is 5.32 Å². The van der Waals surface area contributed by atoms with Crippen LogP contribution in [-0.4, -0.2) is 24.0 Å². The molecular weight excluding hydrogens is 292 g/mol. The molecule has 0 unspecified atom stereocenters. The highest BCUT2D eigenvalue weighted by Crippen LogP contribution is 2.23. The van der Waals surface area contributed by atoms with Crippen molar-refractivity contribution in [2.24, 2.45) is 0 Å². The fourth-order valence-corrected chi connectivity index (χ4v) is 3.31. The molecule has 1 heterocycles. The van der Waals surface area contributed by atoms with E-state index in [-0.39, 0.29) is 0 Å². The molecule has 116 valence electrons. The number of halogens is 1. The van der Waals surface area contributed by atoms with E-state index in [9.17, 15) is 0 Å². The number of hydrogen-bond donors (Lipinski definition) is 1. The number of nitrogens with one attached hydrogen (secondary N) is 1.